The highest BCUT2D eigenvalue weighted by atomic mass is 32.2. The zero-order valence-electron chi connectivity index (χ0n) is 12.9. The van der Waals surface area contributed by atoms with Crippen molar-refractivity contribution in [1.82, 2.24) is 4.98 Å². The fraction of sp³-hybridized carbons (Fsp3) is 0.250. The molecule has 0 saturated carbocycles. The summed E-state index contributed by atoms with van der Waals surface area (Å²) in [4.78, 5) is 16.3. The summed E-state index contributed by atoms with van der Waals surface area (Å²) in [5.74, 6) is 0.209. The van der Waals surface area contributed by atoms with Crippen molar-refractivity contribution >= 4 is 27.4 Å². The Morgan fingerprint density at radius 1 is 1.30 bits per heavy atom. The van der Waals surface area contributed by atoms with Crippen LogP contribution in [0, 0.1) is 0 Å². The van der Waals surface area contributed by atoms with E-state index in [9.17, 15) is 13.2 Å². The third-order valence-corrected chi connectivity index (χ3v) is 5.03. The van der Waals surface area contributed by atoms with Gasteiger partial charge in [0.15, 0.2) is 0 Å². The van der Waals surface area contributed by atoms with E-state index in [1.165, 1.54) is 10.6 Å². The molecule has 7 heteroatoms. The Kier molecular flexibility index (Phi) is 3.81. The van der Waals surface area contributed by atoms with Crippen molar-refractivity contribution in [1.29, 1.82) is 0 Å². The lowest BCUT2D eigenvalue weighted by molar-refractivity contribution is 0.102. The van der Waals surface area contributed by atoms with Gasteiger partial charge in [-0.2, -0.15) is 0 Å². The molecule has 1 N–H and O–H groups in total. The van der Waals surface area contributed by atoms with E-state index in [1.807, 2.05) is 6.92 Å². The first kappa shape index (κ1) is 15.5. The van der Waals surface area contributed by atoms with Gasteiger partial charge in [0.05, 0.1) is 11.9 Å². The van der Waals surface area contributed by atoms with Gasteiger partial charge in [0.1, 0.15) is 5.82 Å². The Bertz CT molecular complexity index is 850. The van der Waals surface area contributed by atoms with Crippen LogP contribution < -0.4 is 9.62 Å². The van der Waals surface area contributed by atoms with E-state index in [-0.39, 0.29) is 11.9 Å². The second-order valence-corrected chi connectivity index (χ2v) is 7.48. The maximum absolute atomic E-state index is 12.3. The molecule has 1 amide bonds. The highest BCUT2D eigenvalue weighted by molar-refractivity contribution is 7.92. The van der Waals surface area contributed by atoms with Gasteiger partial charge < -0.3 is 5.32 Å². The number of pyridine rings is 1. The molecule has 0 radical (unpaired) electrons. The number of nitrogens with zero attached hydrogens (tertiary/aromatic N) is 2. The molecule has 120 valence electrons. The summed E-state index contributed by atoms with van der Waals surface area (Å²) in [5, 5.41) is 2.72. The van der Waals surface area contributed by atoms with Crippen LogP contribution in [-0.2, 0) is 16.4 Å². The van der Waals surface area contributed by atoms with E-state index in [0.717, 1.165) is 5.56 Å². The van der Waals surface area contributed by atoms with Crippen LogP contribution in [0.1, 0.15) is 22.8 Å². The van der Waals surface area contributed by atoms with Crippen LogP contribution in [0.4, 0.5) is 11.5 Å². The summed E-state index contributed by atoms with van der Waals surface area (Å²) in [6.07, 6.45) is 3.39. The normalized spacial score (nSPS) is 17.0. The van der Waals surface area contributed by atoms with Crippen molar-refractivity contribution < 1.29 is 13.2 Å². The zero-order valence-corrected chi connectivity index (χ0v) is 13.7. The molecule has 1 aliphatic heterocycles. The molecule has 1 atom stereocenters. The molecule has 2 aromatic rings. The molecule has 1 aromatic heterocycles. The fourth-order valence-corrected chi connectivity index (χ4v) is 4.14. The molecule has 0 unspecified atom stereocenters. The van der Waals surface area contributed by atoms with Crippen LogP contribution in [0.25, 0.3) is 0 Å². The molecule has 2 heterocycles. The van der Waals surface area contributed by atoms with Gasteiger partial charge in [-0.25, -0.2) is 13.4 Å². The highest BCUT2D eigenvalue weighted by Gasteiger charge is 2.32. The predicted molar refractivity (Wildman–Crippen MR) is 89.1 cm³/mol. The number of hydrogen-bond donors (Lipinski definition) is 1. The zero-order chi connectivity index (χ0) is 16.6. The van der Waals surface area contributed by atoms with Gasteiger partial charge in [-0.05, 0) is 49.2 Å². The van der Waals surface area contributed by atoms with E-state index >= 15 is 0 Å². The minimum atomic E-state index is -3.32. The van der Waals surface area contributed by atoms with Gasteiger partial charge >= 0.3 is 0 Å². The van der Waals surface area contributed by atoms with Gasteiger partial charge in [-0.1, -0.05) is 6.07 Å². The first-order valence-corrected chi connectivity index (χ1v) is 9.06. The quantitative estimate of drug-likeness (QED) is 0.933. The summed E-state index contributed by atoms with van der Waals surface area (Å²) in [6, 6.07) is 10.2. The number of fused-ring (bicyclic) bond motifs is 1. The van der Waals surface area contributed by atoms with Crippen molar-refractivity contribution in [2.24, 2.45) is 0 Å². The van der Waals surface area contributed by atoms with E-state index in [2.05, 4.69) is 10.3 Å². The lowest BCUT2D eigenvalue weighted by Gasteiger charge is -2.21. The Balaban J connectivity index is 1.88. The topological polar surface area (TPSA) is 79.4 Å². The molecular formula is C16H17N3O3S. The molecule has 1 aromatic carbocycles. The monoisotopic (exact) mass is 331 g/mol. The molecule has 0 bridgehead atoms. The van der Waals surface area contributed by atoms with Crippen LogP contribution in [0.15, 0.2) is 42.6 Å². The number of amides is 1. The van der Waals surface area contributed by atoms with Crippen LogP contribution in [0.3, 0.4) is 0 Å². The van der Waals surface area contributed by atoms with Crippen LogP contribution in [-0.4, -0.2) is 31.6 Å². The standard InChI is InChI=1S/C16H17N3O3S/c1-11-9-13-10-12(6-7-14(13)19(11)23(2,21)22)16(20)18-15-5-3-4-8-17-15/h3-8,10-11H,9H2,1-2H3,(H,17,18,20)/t11-/m1/s1. The Morgan fingerprint density at radius 2 is 2.09 bits per heavy atom. The van der Waals surface area contributed by atoms with E-state index < -0.39 is 10.0 Å². The van der Waals surface area contributed by atoms with Crippen molar-refractivity contribution in [3.63, 3.8) is 0 Å². The largest absolute Gasteiger partial charge is 0.307 e. The summed E-state index contributed by atoms with van der Waals surface area (Å²) in [6.45, 7) is 1.86. The highest BCUT2D eigenvalue weighted by Crippen LogP contribution is 2.34. The van der Waals surface area contributed by atoms with Crippen molar-refractivity contribution in [2.45, 2.75) is 19.4 Å². The molecular weight excluding hydrogens is 314 g/mol. The number of aromatic nitrogens is 1. The SMILES string of the molecule is C[C@@H]1Cc2cc(C(=O)Nc3ccccn3)ccc2N1S(C)(=O)=O. The second kappa shape index (κ2) is 5.66. The summed E-state index contributed by atoms with van der Waals surface area (Å²) in [5.41, 5.74) is 1.99. The smallest absolute Gasteiger partial charge is 0.256 e. The van der Waals surface area contributed by atoms with Gasteiger partial charge in [-0.3, -0.25) is 9.10 Å². The number of anilines is 2. The average molecular weight is 331 g/mol. The predicted octanol–water partition coefficient (Wildman–Crippen LogP) is 2.04. The molecule has 0 saturated heterocycles. The van der Waals surface area contributed by atoms with Gasteiger partial charge in [0, 0.05) is 17.8 Å². The third kappa shape index (κ3) is 3.05. The molecule has 0 spiro atoms. The number of nitrogens with one attached hydrogen (secondary N) is 1. The Hall–Kier alpha value is -2.41. The second-order valence-electron chi connectivity index (χ2n) is 5.62. The number of benzene rings is 1. The van der Waals surface area contributed by atoms with Gasteiger partial charge in [0.2, 0.25) is 10.0 Å². The molecule has 6 nitrogen and oxygen atoms in total. The Morgan fingerprint density at radius 3 is 2.74 bits per heavy atom. The minimum absolute atomic E-state index is 0.144. The van der Waals surface area contributed by atoms with E-state index in [0.29, 0.717) is 23.5 Å². The molecule has 23 heavy (non-hydrogen) atoms. The number of rotatable bonds is 3. The van der Waals surface area contributed by atoms with Crippen LogP contribution in [0.5, 0.6) is 0 Å². The minimum Gasteiger partial charge on any atom is -0.307 e. The number of carbonyl (C=O) groups excluding carboxylic acids is 1. The first-order valence-electron chi connectivity index (χ1n) is 7.21. The third-order valence-electron chi connectivity index (χ3n) is 3.76. The van der Waals surface area contributed by atoms with E-state index in [1.54, 1.807) is 42.6 Å². The molecule has 1 aliphatic rings. The molecule has 0 aliphatic carbocycles. The van der Waals surface area contributed by atoms with Gasteiger partial charge in [-0.15, -0.1) is 0 Å². The van der Waals surface area contributed by atoms with Crippen molar-refractivity contribution in [2.75, 3.05) is 15.9 Å². The molecule has 0 fully saturated rings. The maximum Gasteiger partial charge on any atom is 0.256 e. The number of carbonyl (C=O) groups is 1. The maximum atomic E-state index is 12.3. The summed E-state index contributed by atoms with van der Waals surface area (Å²) < 4.78 is 25.2. The van der Waals surface area contributed by atoms with Crippen molar-refractivity contribution in [3.8, 4) is 0 Å². The van der Waals surface area contributed by atoms with Crippen LogP contribution in [0.2, 0.25) is 0 Å². The fourth-order valence-electron chi connectivity index (χ4n) is 2.87. The molecule has 3 rings (SSSR count). The summed E-state index contributed by atoms with van der Waals surface area (Å²) in [7, 11) is -3.32. The van der Waals surface area contributed by atoms with Crippen LogP contribution >= 0.6 is 0 Å². The first-order chi connectivity index (χ1) is 10.9. The van der Waals surface area contributed by atoms with Crippen molar-refractivity contribution in [3.05, 3.63) is 53.7 Å². The Labute approximate surface area is 135 Å². The average Bonchev–Trinajstić information content (AvgIpc) is 2.82. The van der Waals surface area contributed by atoms with E-state index in [4.69, 9.17) is 0 Å². The lowest BCUT2D eigenvalue weighted by atomic mass is 10.1. The number of hydrogen-bond acceptors (Lipinski definition) is 4. The number of sulfonamides is 1. The lowest BCUT2D eigenvalue weighted by Crippen LogP contribution is -2.34. The van der Waals surface area contributed by atoms with Gasteiger partial charge in [0.25, 0.3) is 5.91 Å². The summed E-state index contributed by atoms with van der Waals surface area (Å²) >= 11 is 0.